The molecule has 6 rings (SSSR count). The maximum Gasteiger partial charge on any atom is 0.340 e. The number of carbonyl (C=O) groups excluding carboxylic acids is 1. The first kappa shape index (κ1) is 22.0. The summed E-state index contributed by atoms with van der Waals surface area (Å²) in [5, 5.41) is 1.46. The molecular weight excluding hydrogens is 456 g/mol. The molecular formula is C30H27ClN2O2. The number of methoxy groups -OCH3 is 1. The molecule has 4 aromatic rings. The third kappa shape index (κ3) is 3.55. The zero-order valence-electron chi connectivity index (χ0n) is 19.8. The monoisotopic (exact) mass is 482 g/mol. The van der Waals surface area contributed by atoms with E-state index in [1.807, 2.05) is 12.1 Å². The summed E-state index contributed by atoms with van der Waals surface area (Å²) in [7, 11) is 1.39. The van der Waals surface area contributed by atoms with Crippen molar-refractivity contribution in [1.82, 2.24) is 9.88 Å². The van der Waals surface area contributed by atoms with E-state index in [0.29, 0.717) is 22.5 Å². The van der Waals surface area contributed by atoms with E-state index in [0.717, 1.165) is 41.4 Å². The maximum absolute atomic E-state index is 12.2. The van der Waals surface area contributed by atoms with Gasteiger partial charge >= 0.3 is 5.97 Å². The maximum atomic E-state index is 12.2. The number of aromatic nitrogens is 1. The number of benzene rings is 3. The number of halogens is 1. The van der Waals surface area contributed by atoms with Crippen LogP contribution in [0.1, 0.15) is 58.8 Å². The van der Waals surface area contributed by atoms with Gasteiger partial charge in [0.05, 0.1) is 23.7 Å². The van der Waals surface area contributed by atoms with E-state index in [-0.39, 0.29) is 5.97 Å². The summed E-state index contributed by atoms with van der Waals surface area (Å²) in [5.41, 5.74) is 8.84. The van der Waals surface area contributed by atoms with Gasteiger partial charge in [-0.3, -0.25) is 0 Å². The van der Waals surface area contributed by atoms with Gasteiger partial charge in [-0.15, -0.1) is 0 Å². The van der Waals surface area contributed by atoms with Crippen molar-refractivity contribution in [3.63, 3.8) is 0 Å². The Morgan fingerprint density at radius 3 is 2.66 bits per heavy atom. The van der Waals surface area contributed by atoms with Gasteiger partial charge in [-0.2, -0.15) is 0 Å². The van der Waals surface area contributed by atoms with Gasteiger partial charge in [0.25, 0.3) is 0 Å². The molecule has 1 fully saturated rings. The average molecular weight is 483 g/mol. The molecule has 35 heavy (non-hydrogen) atoms. The Labute approximate surface area is 210 Å². The van der Waals surface area contributed by atoms with Gasteiger partial charge < -0.3 is 14.6 Å². The van der Waals surface area contributed by atoms with Gasteiger partial charge in [-0.25, -0.2) is 4.79 Å². The van der Waals surface area contributed by atoms with Crippen LogP contribution in [0.2, 0.25) is 5.02 Å². The number of likely N-dealkylation sites (tertiary alicyclic amines) is 1. The Hall–Kier alpha value is -3.50. The molecule has 1 aromatic heterocycles. The summed E-state index contributed by atoms with van der Waals surface area (Å²) in [6.45, 7) is 3.37. The molecule has 1 aliphatic heterocycles. The normalized spacial score (nSPS) is 18.8. The van der Waals surface area contributed by atoms with E-state index in [4.69, 9.17) is 16.3 Å². The Balaban J connectivity index is 1.29. The fourth-order valence-electron chi connectivity index (χ4n) is 5.66. The SMILES string of the molecule is CCC1C(N2CCC2c2ccc(-c3cc4c(C(=O)OC)c[nH]c4cc3Cl)cc2)=Cc2ccccc21. The number of allylic oxidation sites excluding steroid dienone is 1. The fourth-order valence-corrected chi connectivity index (χ4v) is 5.93. The molecule has 0 spiro atoms. The predicted octanol–water partition coefficient (Wildman–Crippen LogP) is 7.57. The highest BCUT2D eigenvalue weighted by molar-refractivity contribution is 6.34. The minimum atomic E-state index is -0.362. The lowest BCUT2D eigenvalue weighted by Gasteiger charge is -2.46. The number of ether oxygens (including phenoxy) is 1. The van der Waals surface area contributed by atoms with Crippen LogP contribution in [0, 0.1) is 0 Å². The van der Waals surface area contributed by atoms with Crippen molar-refractivity contribution in [2.45, 2.75) is 31.7 Å². The molecule has 2 aliphatic rings. The van der Waals surface area contributed by atoms with E-state index in [1.54, 1.807) is 6.20 Å². The zero-order valence-corrected chi connectivity index (χ0v) is 20.6. The van der Waals surface area contributed by atoms with Crippen LogP contribution in [-0.4, -0.2) is 29.5 Å². The van der Waals surface area contributed by atoms with E-state index < -0.39 is 0 Å². The average Bonchev–Trinajstić information content (AvgIpc) is 3.43. The number of H-pyrrole nitrogens is 1. The molecule has 176 valence electrons. The summed E-state index contributed by atoms with van der Waals surface area (Å²) < 4.78 is 4.93. The standard InChI is InChI=1S/C30H27ClN2O2/c1-3-21-22-7-5-4-6-20(22)14-29(21)33-13-12-28(33)19-10-8-18(9-11-19)23-15-24-25(30(34)35-2)17-32-27(24)16-26(23)31/h4-11,14-17,21,28,32H,3,12-13H2,1-2H3. The van der Waals surface area contributed by atoms with Gasteiger partial charge in [0.2, 0.25) is 0 Å². The summed E-state index contributed by atoms with van der Waals surface area (Å²) >= 11 is 6.63. The van der Waals surface area contributed by atoms with Crippen molar-refractivity contribution in [3.05, 3.63) is 99.8 Å². The lowest BCUT2D eigenvalue weighted by Crippen LogP contribution is -2.40. The highest BCUT2D eigenvalue weighted by Crippen LogP contribution is 2.47. The first-order chi connectivity index (χ1) is 17.1. The number of hydrogen-bond donors (Lipinski definition) is 1. The summed E-state index contributed by atoms with van der Waals surface area (Å²) in [6.07, 6.45) is 6.32. The summed E-state index contributed by atoms with van der Waals surface area (Å²) in [4.78, 5) is 17.8. The first-order valence-electron chi connectivity index (χ1n) is 12.2. The zero-order chi connectivity index (χ0) is 24.1. The second-order valence-electron chi connectivity index (χ2n) is 9.35. The minimum absolute atomic E-state index is 0.362. The number of fused-ring (bicyclic) bond motifs is 2. The number of nitrogens with one attached hydrogen (secondary N) is 1. The van der Waals surface area contributed by atoms with Crippen molar-refractivity contribution < 1.29 is 9.53 Å². The molecule has 2 atom stereocenters. The number of rotatable bonds is 5. The van der Waals surface area contributed by atoms with Gasteiger partial charge in [-0.05, 0) is 53.3 Å². The molecule has 1 N–H and O–H groups in total. The van der Waals surface area contributed by atoms with E-state index in [9.17, 15) is 4.79 Å². The first-order valence-corrected chi connectivity index (χ1v) is 12.5. The third-order valence-electron chi connectivity index (χ3n) is 7.57. The molecule has 5 heteroatoms. The van der Waals surface area contributed by atoms with Crippen LogP contribution in [0.4, 0.5) is 0 Å². The van der Waals surface area contributed by atoms with Gasteiger partial charge in [-0.1, -0.05) is 67.1 Å². The van der Waals surface area contributed by atoms with Gasteiger partial charge in [0, 0.05) is 40.8 Å². The lowest BCUT2D eigenvalue weighted by molar-refractivity contribution is 0.0603. The van der Waals surface area contributed by atoms with Crippen molar-refractivity contribution in [3.8, 4) is 11.1 Å². The molecule has 0 bridgehead atoms. The van der Waals surface area contributed by atoms with Crippen LogP contribution in [0.5, 0.6) is 0 Å². The lowest BCUT2D eigenvalue weighted by atomic mass is 9.88. The largest absolute Gasteiger partial charge is 0.465 e. The second kappa shape index (κ2) is 8.62. The molecule has 0 radical (unpaired) electrons. The number of hydrogen-bond acceptors (Lipinski definition) is 3. The topological polar surface area (TPSA) is 45.3 Å². The molecule has 4 nitrogen and oxygen atoms in total. The number of esters is 1. The van der Waals surface area contributed by atoms with Crippen molar-refractivity contribution in [2.75, 3.05) is 13.7 Å². The highest BCUT2D eigenvalue weighted by atomic mass is 35.5. The third-order valence-corrected chi connectivity index (χ3v) is 7.89. The van der Waals surface area contributed by atoms with E-state index >= 15 is 0 Å². The minimum Gasteiger partial charge on any atom is -0.465 e. The summed E-state index contributed by atoms with van der Waals surface area (Å²) in [6, 6.07) is 21.7. The van der Waals surface area contributed by atoms with Crippen molar-refractivity contribution >= 4 is 34.5 Å². The van der Waals surface area contributed by atoms with Crippen LogP contribution in [0.3, 0.4) is 0 Å². The number of carbonyl (C=O) groups is 1. The number of nitrogens with zero attached hydrogens (tertiary/aromatic N) is 1. The Morgan fingerprint density at radius 1 is 1.14 bits per heavy atom. The van der Waals surface area contributed by atoms with Crippen molar-refractivity contribution in [2.24, 2.45) is 0 Å². The Morgan fingerprint density at radius 2 is 1.94 bits per heavy atom. The van der Waals surface area contributed by atoms with Crippen LogP contribution in [-0.2, 0) is 4.74 Å². The van der Waals surface area contributed by atoms with Crippen LogP contribution in [0.25, 0.3) is 28.1 Å². The van der Waals surface area contributed by atoms with Crippen LogP contribution in [0.15, 0.2) is 72.6 Å². The Kier molecular flexibility index (Phi) is 5.42. The smallest absolute Gasteiger partial charge is 0.340 e. The molecule has 2 unspecified atom stereocenters. The molecule has 2 heterocycles. The van der Waals surface area contributed by atoms with E-state index in [1.165, 1.54) is 29.5 Å². The van der Waals surface area contributed by atoms with Crippen molar-refractivity contribution in [1.29, 1.82) is 0 Å². The second-order valence-corrected chi connectivity index (χ2v) is 9.76. The van der Waals surface area contributed by atoms with Crippen LogP contribution >= 0.6 is 11.6 Å². The molecule has 1 saturated heterocycles. The number of aromatic amines is 1. The molecule has 3 aromatic carbocycles. The highest BCUT2D eigenvalue weighted by Gasteiger charge is 2.36. The fraction of sp³-hybridized carbons (Fsp3) is 0.233. The quantitative estimate of drug-likeness (QED) is 0.298. The Bertz CT molecular complexity index is 1470. The molecule has 0 saturated carbocycles. The predicted molar refractivity (Wildman–Crippen MR) is 142 cm³/mol. The molecule has 0 amide bonds. The van der Waals surface area contributed by atoms with E-state index in [2.05, 4.69) is 71.4 Å². The van der Waals surface area contributed by atoms with Gasteiger partial charge in [0.1, 0.15) is 0 Å². The van der Waals surface area contributed by atoms with Gasteiger partial charge in [0.15, 0.2) is 0 Å². The summed E-state index contributed by atoms with van der Waals surface area (Å²) in [5.74, 6) is 0.114. The van der Waals surface area contributed by atoms with Crippen LogP contribution < -0.4 is 0 Å². The molecule has 1 aliphatic carbocycles.